The van der Waals surface area contributed by atoms with Crippen molar-refractivity contribution in [3.8, 4) is 11.5 Å². The summed E-state index contributed by atoms with van der Waals surface area (Å²) in [5.41, 5.74) is 6.62. The highest BCUT2D eigenvalue weighted by molar-refractivity contribution is 7.98. The summed E-state index contributed by atoms with van der Waals surface area (Å²) in [6, 6.07) is 11.7. The number of ether oxygens (including phenoxy) is 1. The summed E-state index contributed by atoms with van der Waals surface area (Å²) >= 11 is 1.66. The molecule has 0 spiro atoms. The number of thioether (sulfide) groups is 1. The van der Waals surface area contributed by atoms with Gasteiger partial charge in [-0.2, -0.15) is 0 Å². The third-order valence-corrected chi connectivity index (χ3v) is 3.30. The maximum absolute atomic E-state index is 5.81. The molecule has 18 heavy (non-hydrogen) atoms. The van der Waals surface area contributed by atoms with Crippen molar-refractivity contribution >= 4 is 11.8 Å². The first-order valence-electron chi connectivity index (χ1n) is 5.73. The van der Waals surface area contributed by atoms with Crippen LogP contribution in [-0.2, 0) is 0 Å². The molecule has 4 heteroatoms. The number of hydrogen-bond donors (Lipinski definition) is 1. The van der Waals surface area contributed by atoms with E-state index in [4.69, 9.17) is 10.5 Å². The van der Waals surface area contributed by atoms with Crippen LogP contribution in [0.3, 0.4) is 0 Å². The third kappa shape index (κ3) is 3.03. The molecule has 0 saturated carbocycles. The van der Waals surface area contributed by atoms with Crippen LogP contribution in [0.25, 0.3) is 0 Å². The molecule has 0 aliphatic rings. The summed E-state index contributed by atoms with van der Waals surface area (Å²) in [6.07, 6.45) is 3.73. The number of nitrogens with zero attached hydrogens (tertiary/aromatic N) is 1. The smallest absolute Gasteiger partial charge is 0.145 e. The minimum atomic E-state index is -0.0578. The molecular weight excluding hydrogens is 244 g/mol. The standard InChI is InChI=1S/C14H16N2OS/c1-10(15)12-8-7-11(9-16-12)17-13-5-3-4-6-14(13)18-2/h3-10H,15H2,1-2H3/t10-/m0/s1. The SMILES string of the molecule is CSc1ccccc1Oc1ccc([C@H](C)N)nc1. The lowest BCUT2D eigenvalue weighted by atomic mass is 10.2. The van der Waals surface area contributed by atoms with Crippen molar-refractivity contribution in [2.45, 2.75) is 17.9 Å². The Hall–Kier alpha value is -1.52. The Labute approximate surface area is 111 Å². The fraction of sp³-hybridized carbons (Fsp3) is 0.214. The first kappa shape index (κ1) is 12.9. The van der Waals surface area contributed by atoms with E-state index in [2.05, 4.69) is 4.98 Å². The summed E-state index contributed by atoms with van der Waals surface area (Å²) in [4.78, 5) is 5.38. The van der Waals surface area contributed by atoms with Crippen molar-refractivity contribution in [2.75, 3.05) is 6.26 Å². The number of aromatic nitrogens is 1. The van der Waals surface area contributed by atoms with Gasteiger partial charge in [-0.05, 0) is 37.4 Å². The van der Waals surface area contributed by atoms with Gasteiger partial charge in [0.2, 0.25) is 0 Å². The van der Waals surface area contributed by atoms with Crippen LogP contribution in [0.1, 0.15) is 18.7 Å². The van der Waals surface area contributed by atoms with E-state index in [1.807, 2.05) is 49.6 Å². The maximum atomic E-state index is 5.81. The van der Waals surface area contributed by atoms with Crippen LogP contribution >= 0.6 is 11.8 Å². The molecule has 1 aromatic carbocycles. The third-order valence-electron chi connectivity index (χ3n) is 2.52. The highest BCUT2D eigenvalue weighted by Gasteiger charge is 2.05. The molecule has 3 nitrogen and oxygen atoms in total. The second-order valence-corrected chi connectivity index (χ2v) is 4.81. The van der Waals surface area contributed by atoms with Crippen molar-refractivity contribution < 1.29 is 4.74 Å². The van der Waals surface area contributed by atoms with Gasteiger partial charge in [-0.1, -0.05) is 12.1 Å². The topological polar surface area (TPSA) is 48.1 Å². The molecule has 0 aliphatic heterocycles. The van der Waals surface area contributed by atoms with Crippen molar-refractivity contribution in [1.29, 1.82) is 0 Å². The highest BCUT2D eigenvalue weighted by Crippen LogP contribution is 2.30. The molecule has 0 fully saturated rings. The molecule has 2 rings (SSSR count). The molecular formula is C14H16N2OS. The molecule has 1 heterocycles. The fourth-order valence-electron chi connectivity index (χ4n) is 1.55. The highest BCUT2D eigenvalue weighted by atomic mass is 32.2. The minimum Gasteiger partial charge on any atom is -0.455 e. The van der Waals surface area contributed by atoms with E-state index in [0.29, 0.717) is 0 Å². The zero-order valence-electron chi connectivity index (χ0n) is 10.5. The van der Waals surface area contributed by atoms with Crippen molar-refractivity contribution in [1.82, 2.24) is 4.98 Å². The average Bonchev–Trinajstić information content (AvgIpc) is 2.40. The largest absolute Gasteiger partial charge is 0.455 e. The molecule has 94 valence electrons. The molecule has 0 radical (unpaired) electrons. The van der Waals surface area contributed by atoms with Crippen molar-refractivity contribution in [3.05, 3.63) is 48.3 Å². The van der Waals surface area contributed by atoms with E-state index < -0.39 is 0 Å². The van der Waals surface area contributed by atoms with E-state index in [1.54, 1.807) is 18.0 Å². The van der Waals surface area contributed by atoms with Gasteiger partial charge in [0, 0.05) is 10.9 Å². The monoisotopic (exact) mass is 260 g/mol. The predicted molar refractivity (Wildman–Crippen MR) is 75.1 cm³/mol. The minimum absolute atomic E-state index is 0.0578. The van der Waals surface area contributed by atoms with Gasteiger partial charge in [-0.25, -0.2) is 0 Å². The van der Waals surface area contributed by atoms with E-state index in [9.17, 15) is 0 Å². The number of nitrogens with two attached hydrogens (primary N) is 1. The van der Waals surface area contributed by atoms with Gasteiger partial charge in [0.15, 0.2) is 0 Å². The Kier molecular flexibility index (Phi) is 4.23. The molecule has 0 bridgehead atoms. The molecule has 1 aromatic heterocycles. The predicted octanol–water partition coefficient (Wildman–Crippen LogP) is 3.62. The summed E-state index contributed by atoms with van der Waals surface area (Å²) in [5.74, 6) is 1.57. The Morgan fingerprint density at radius 1 is 1.22 bits per heavy atom. The molecule has 0 saturated heterocycles. The van der Waals surface area contributed by atoms with Crippen LogP contribution in [0, 0.1) is 0 Å². The van der Waals surface area contributed by atoms with Gasteiger partial charge in [-0.15, -0.1) is 11.8 Å². The molecule has 1 atom stereocenters. The average molecular weight is 260 g/mol. The maximum Gasteiger partial charge on any atom is 0.145 e. The normalized spacial score (nSPS) is 12.2. The van der Waals surface area contributed by atoms with Crippen LogP contribution in [0.2, 0.25) is 0 Å². The van der Waals surface area contributed by atoms with E-state index >= 15 is 0 Å². The zero-order chi connectivity index (χ0) is 13.0. The molecule has 2 aromatic rings. The Morgan fingerprint density at radius 2 is 2.00 bits per heavy atom. The van der Waals surface area contributed by atoms with Crippen LogP contribution < -0.4 is 10.5 Å². The van der Waals surface area contributed by atoms with Crippen LogP contribution in [0.4, 0.5) is 0 Å². The number of rotatable bonds is 4. The number of hydrogen-bond acceptors (Lipinski definition) is 4. The Balaban J connectivity index is 2.18. The quantitative estimate of drug-likeness (QED) is 0.853. The molecule has 2 N–H and O–H groups in total. The summed E-state index contributed by atoms with van der Waals surface area (Å²) in [5, 5.41) is 0. The van der Waals surface area contributed by atoms with E-state index in [-0.39, 0.29) is 6.04 Å². The van der Waals surface area contributed by atoms with Crippen molar-refractivity contribution in [2.24, 2.45) is 5.73 Å². The van der Waals surface area contributed by atoms with Crippen LogP contribution in [-0.4, -0.2) is 11.2 Å². The number of para-hydroxylation sites is 1. The molecule has 0 unspecified atom stereocenters. The second-order valence-electron chi connectivity index (χ2n) is 3.96. The molecule has 0 amide bonds. The van der Waals surface area contributed by atoms with E-state index in [1.165, 1.54) is 0 Å². The second kappa shape index (κ2) is 5.89. The first-order valence-corrected chi connectivity index (χ1v) is 6.95. The van der Waals surface area contributed by atoms with Gasteiger partial charge in [0.25, 0.3) is 0 Å². The number of benzene rings is 1. The Morgan fingerprint density at radius 3 is 2.61 bits per heavy atom. The van der Waals surface area contributed by atoms with Gasteiger partial charge in [0.05, 0.1) is 11.9 Å². The van der Waals surface area contributed by atoms with Gasteiger partial charge < -0.3 is 10.5 Å². The fourth-order valence-corrected chi connectivity index (χ4v) is 2.08. The summed E-state index contributed by atoms with van der Waals surface area (Å²) < 4.78 is 5.81. The zero-order valence-corrected chi connectivity index (χ0v) is 11.3. The lowest BCUT2D eigenvalue weighted by Crippen LogP contribution is -2.06. The first-order chi connectivity index (χ1) is 8.70. The van der Waals surface area contributed by atoms with Gasteiger partial charge in [0.1, 0.15) is 11.5 Å². The summed E-state index contributed by atoms with van der Waals surface area (Å²) in [6.45, 7) is 1.91. The van der Waals surface area contributed by atoms with Crippen molar-refractivity contribution in [3.63, 3.8) is 0 Å². The lowest BCUT2D eigenvalue weighted by Gasteiger charge is -2.10. The van der Waals surface area contributed by atoms with Crippen LogP contribution in [0.5, 0.6) is 11.5 Å². The van der Waals surface area contributed by atoms with Gasteiger partial charge >= 0.3 is 0 Å². The van der Waals surface area contributed by atoms with Gasteiger partial charge in [-0.3, -0.25) is 4.98 Å². The summed E-state index contributed by atoms with van der Waals surface area (Å²) in [7, 11) is 0. The van der Waals surface area contributed by atoms with E-state index in [0.717, 1.165) is 22.1 Å². The number of pyridine rings is 1. The lowest BCUT2D eigenvalue weighted by molar-refractivity contribution is 0.468. The Bertz CT molecular complexity index is 511. The molecule has 0 aliphatic carbocycles. The van der Waals surface area contributed by atoms with Crippen LogP contribution in [0.15, 0.2) is 47.5 Å².